The highest BCUT2D eigenvalue weighted by Gasteiger charge is 2.20. The molecule has 0 aromatic carbocycles. The molecule has 0 spiro atoms. The van der Waals surface area contributed by atoms with Crippen molar-refractivity contribution in [3.05, 3.63) is 0 Å². The zero-order chi connectivity index (χ0) is 13.6. The smallest absolute Gasteiger partial charge is 0.234 e. The van der Waals surface area contributed by atoms with Gasteiger partial charge in [0, 0.05) is 31.7 Å². The Balaban J connectivity index is 2.21. The molecule has 0 radical (unpaired) electrons. The molecule has 1 heterocycles. The summed E-state index contributed by atoms with van der Waals surface area (Å²) >= 11 is 0. The third kappa shape index (κ3) is 6.33. The minimum Gasteiger partial charge on any atom is -0.350 e. The Labute approximate surface area is 111 Å². The first-order chi connectivity index (χ1) is 8.40. The number of nitrogens with zero attached hydrogens (tertiary/aromatic N) is 2. The molecule has 3 N–H and O–H groups in total. The van der Waals surface area contributed by atoms with E-state index in [4.69, 9.17) is 5.73 Å². The molecular formula is C13H28N4O. The molecule has 1 fully saturated rings. The first-order valence-electron chi connectivity index (χ1n) is 6.86. The number of nitrogens with one attached hydrogen (secondary N) is 1. The maximum Gasteiger partial charge on any atom is 0.234 e. The molecule has 0 saturated carbocycles. The first kappa shape index (κ1) is 15.4. The van der Waals surface area contributed by atoms with E-state index in [9.17, 15) is 4.79 Å². The Morgan fingerprint density at radius 1 is 1.17 bits per heavy atom. The molecule has 106 valence electrons. The molecule has 0 aliphatic carbocycles. The quantitative estimate of drug-likeness (QED) is 0.719. The van der Waals surface area contributed by atoms with E-state index in [1.807, 2.05) is 20.8 Å². The van der Waals surface area contributed by atoms with Crippen LogP contribution in [0, 0.1) is 0 Å². The summed E-state index contributed by atoms with van der Waals surface area (Å²) in [5, 5.41) is 3.00. The van der Waals surface area contributed by atoms with Gasteiger partial charge >= 0.3 is 0 Å². The van der Waals surface area contributed by atoms with Gasteiger partial charge < -0.3 is 16.0 Å². The van der Waals surface area contributed by atoms with Gasteiger partial charge in [-0.05, 0) is 40.3 Å². The van der Waals surface area contributed by atoms with E-state index in [0.29, 0.717) is 6.54 Å². The van der Waals surface area contributed by atoms with Crippen molar-refractivity contribution in [2.24, 2.45) is 5.73 Å². The molecule has 5 nitrogen and oxygen atoms in total. The van der Waals surface area contributed by atoms with Crippen molar-refractivity contribution in [2.75, 3.05) is 45.8 Å². The number of hydrogen-bond donors (Lipinski definition) is 2. The molecular weight excluding hydrogens is 228 g/mol. The van der Waals surface area contributed by atoms with Crippen LogP contribution in [0.15, 0.2) is 0 Å². The summed E-state index contributed by atoms with van der Waals surface area (Å²) < 4.78 is 0. The van der Waals surface area contributed by atoms with Crippen LogP contribution in [0.5, 0.6) is 0 Å². The van der Waals surface area contributed by atoms with Crippen molar-refractivity contribution >= 4 is 5.91 Å². The monoisotopic (exact) mass is 256 g/mol. The van der Waals surface area contributed by atoms with Crippen molar-refractivity contribution < 1.29 is 4.79 Å². The van der Waals surface area contributed by atoms with E-state index in [-0.39, 0.29) is 11.4 Å². The summed E-state index contributed by atoms with van der Waals surface area (Å²) in [6.07, 6.45) is 1.06. The molecule has 5 heteroatoms. The zero-order valence-corrected chi connectivity index (χ0v) is 12.0. The van der Waals surface area contributed by atoms with Crippen molar-refractivity contribution in [1.29, 1.82) is 0 Å². The third-order valence-corrected chi connectivity index (χ3v) is 3.03. The fourth-order valence-corrected chi connectivity index (χ4v) is 2.15. The van der Waals surface area contributed by atoms with Crippen LogP contribution in [0.4, 0.5) is 0 Å². The average Bonchev–Trinajstić information content (AvgIpc) is 2.25. The van der Waals surface area contributed by atoms with Gasteiger partial charge in [0.05, 0.1) is 6.54 Å². The van der Waals surface area contributed by atoms with E-state index in [1.165, 1.54) is 0 Å². The molecule has 18 heavy (non-hydrogen) atoms. The van der Waals surface area contributed by atoms with E-state index in [2.05, 4.69) is 15.1 Å². The van der Waals surface area contributed by atoms with Crippen LogP contribution in [0.1, 0.15) is 27.2 Å². The number of nitrogens with two attached hydrogens (primary N) is 1. The van der Waals surface area contributed by atoms with Crippen LogP contribution in [0.25, 0.3) is 0 Å². The Hall–Kier alpha value is -0.650. The third-order valence-electron chi connectivity index (χ3n) is 3.03. The van der Waals surface area contributed by atoms with Crippen LogP contribution >= 0.6 is 0 Å². The predicted octanol–water partition coefficient (Wildman–Crippen LogP) is -0.132. The molecule has 0 bridgehead atoms. The van der Waals surface area contributed by atoms with E-state index in [0.717, 1.165) is 45.7 Å². The highest BCUT2D eigenvalue weighted by atomic mass is 16.2. The number of piperazine rings is 1. The molecule has 1 aliphatic rings. The minimum absolute atomic E-state index is 0.123. The fourth-order valence-electron chi connectivity index (χ4n) is 2.15. The van der Waals surface area contributed by atoms with Crippen LogP contribution in [0.2, 0.25) is 0 Å². The van der Waals surface area contributed by atoms with Crippen LogP contribution in [-0.4, -0.2) is 67.1 Å². The first-order valence-corrected chi connectivity index (χ1v) is 6.86. The van der Waals surface area contributed by atoms with Crippen LogP contribution in [-0.2, 0) is 4.79 Å². The van der Waals surface area contributed by atoms with Crippen molar-refractivity contribution in [3.63, 3.8) is 0 Å². The van der Waals surface area contributed by atoms with Crippen LogP contribution < -0.4 is 11.1 Å². The molecule has 0 aromatic heterocycles. The number of amides is 1. The van der Waals surface area contributed by atoms with Gasteiger partial charge in [-0.15, -0.1) is 0 Å². The molecule has 0 aromatic rings. The van der Waals surface area contributed by atoms with Gasteiger partial charge in [0.25, 0.3) is 0 Å². The Morgan fingerprint density at radius 2 is 1.72 bits per heavy atom. The van der Waals surface area contributed by atoms with Gasteiger partial charge in [0.1, 0.15) is 0 Å². The van der Waals surface area contributed by atoms with Gasteiger partial charge in [-0.3, -0.25) is 9.69 Å². The number of rotatable bonds is 5. The Kier molecular flexibility index (Phi) is 6.05. The van der Waals surface area contributed by atoms with Crippen LogP contribution in [0.3, 0.4) is 0 Å². The summed E-state index contributed by atoms with van der Waals surface area (Å²) in [5.41, 5.74) is 5.37. The second kappa shape index (κ2) is 7.07. The lowest BCUT2D eigenvalue weighted by Crippen LogP contribution is -2.51. The summed E-state index contributed by atoms with van der Waals surface area (Å²) in [6, 6.07) is 0. The van der Waals surface area contributed by atoms with E-state index in [1.54, 1.807) is 0 Å². The number of carbonyl (C=O) groups excluding carboxylic acids is 1. The maximum absolute atomic E-state index is 11.8. The lowest BCUT2D eigenvalue weighted by Gasteiger charge is -2.34. The highest BCUT2D eigenvalue weighted by Crippen LogP contribution is 2.03. The molecule has 0 atom stereocenters. The largest absolute Gasteiger partial charge is 0.350 e. The maximum atomic E-state index is 11.8. The molecule has 1 amide bonds. The van der Waals surface area contributed by atoms with E-state index < -0.39 is 0 Å². The summed E-state index contributed by atoms with van der Waals surface area (Å²) in [7, 11) is 0. The lowest BCUT2D eigenvalue weighted by atomic mass is 10.1. The lowest BCUT2D eigenvalue weighted by molar-refractivity contribution is -0.124. The van der Waals surface area contributed by atoms with Crippen molar-refractivity contribution in [3.8, 4) is 0 Å². The highest BCUT2D eigenvalue weighted by molar-refractivity contribution is 5.78. The standard InChI is InChI=1S/C13H28N4O/c1-13(2,3)15-12(18)11-17-9-7-16(8-10-17)6-4-5-14/h4-11,14H2,1-3H3,(H,15,18). The van der Waals surface area contributed by atoms with Gasteiger partial charge in [-0.1, -0.05) is 0 Å². The predicted molar refractivity (Wildman–Crippen MR) is 74.4 cm³/mol. The second-order valence-corrected chi connectivity index (χ2v) is 6.06. The van der Waals surface area contributed by atoms with Crippen molar-refractivity contribution in [2.45, 2.75) is 32.7 Å². The SMILES string of the molecule is CC(C)(C)NC(=O)CN1CCN(CCCN)CC1. The molecule has 1 saturated heterocycles. The van der Waals surface area contributed by atoms with Crippen molar-refractivity contribution in [1.82, 2.24) is 15.1 Å². The summed E-state index contributed by atoms with van der Waals surface area (Å²) in [5.74, 6) is 0.123. The molecule has 0 unspecified atom stereocenters. The van der Waals surface area contributed by atoms with E-state index >= 15 is 0 Å². The molecule has 1 aliphatic heterocycles. The fraction of sp³-hybridized carbons (Fsp3) is 0.923. The summed E-state index contributed by atoms with van der Waals surface area (Å²) in [4.78, 5) is 16.4. The van der Waals surface area contributed by atoms with Gasteiger partial charge in [-0.2, -0.15) is 0 Å². The Bertz CT molecular complexity index is 254. The normalized spacial score (nSPS) is 18.9. The molecule has 1 rings (SSSR count). The summed E-state index contributed by atoms with van der Waals surface area (Å²) in [6.45, 7) is 12.4. The van der Waals surface area contributed by atoms with Gasteiger partial charge in [0.2, 0.25) is 5.91 Å². The van der Waals surface area contributed by atoms with Gasteiger partial charge in [0.15, 0.2) is 0 Å². The Morgan fingerprint density at radius 3 is 2.22 bits per heavy atom. The minimum atomic E-state index is -0.139. The number of carbonyl (C=O) groups is 1. The topological polar surface area (TPSA) is 61.6 Å². The number of hydrogen-bond acceptors (Lipinski definition) is 4. The second-order valence-electron chi connectivity index (χ2n) is 6.06. The van der Waals surface area contributed by atoms with Gasteiger partial charge in [-0.25, -0.2) is 0 Å². The zero-order valence-electron chi connectivity index (χ0n) is 12.0. The average molecular weight is 256 g/mol.